The van der Waals surface area contributed by atoms with Gasteiger partial charge in [-0.25, -0.2) is 0 Å². The van der Waals surface area contributed by atoms with Crippen molar-refractivity contribution >= 4 is 5.78 Å². The van der Waals surface area contributed by atoms with E-state index in [1.807, 2.05) is 13.0 Å². The second-order valence-electron chi connectivity index (χ2n) is 3.67. The third-order valence-corrected chi connectivity index (χ3v) is 2.33. The SMILES string of the molecule is Cc1ccncc1C(=O)Cc1cn(C)nn1. The molecule has 82 valence electrons. The van der Waals surface area contributed by atoms with Crippen LogP contribution in [0.25, 0.3) is 0 Å². The number of ketones is 1. The van der Waals surface area contributed by atoms with Crippen molar-refractivity contribution in [2.75, 3.05) is 0 Å². The van der Waals surface area contributed by atoms with Gasteiger partial charge in [0.05, 0.1) is 12.1 Å². The van der Waals surface area contributed by atoms with E-state index in [2.05, 4.69) is 15.3 Å². The van der Waals surface area contributed by atoms with Crippen molar-refractivity contribution in [1.82, 2.24) is 20.0 Å². The average Bonchev–Trinajstić information content (AvgIpc) is 2.64. The molecule has 2 aromatic heterocycles. The Morgan fingerprint density at radius 3 is 2.94 bits per heavy atom. The number of carbonyl (C=O) groups excluding carboxylic acids is 1. The number of hydrogen-bond acceptors (Lipinski definition) is 4. The summed E-state index contributed by atoms with van der Waals surface area (Å²) in [6.07, 6.45) is 5.27. The molecule has 2 rings (SSSR count). The monoisotopic (exact) mass is 216 g/mol. The zero-order valence-electron chi connectivity index (χ0n) is 9.21. The van der Waals surface area contributed by atoms with Gasteiger partial charge in [-0.1, -0.05) is 5.21 Å². The summed E-state index contributed by atoms with van der Waals surface area (Å²) < 4.78 is 1.58. The van der Waals surface area contributed by atoms with Crippen LogP contribution in [0.3, 0.4) is 0 Å². The van der Waals surface area contributed by atoms with Gasteiger partial charge in [0.25, 0.3) is 0 Å². The number of Topliss-reactive ketones (excluding diaryl/α,β-unsaturated/α-hetero) is 1. The van der Waals surface area contributed by atoms with Gasteiger partial charge in [-0.15, -0.1) is 5.10 Å². The second kappa shape index (κ2) is 4.22. The summed E-state index contributed by atoms with van der Waals surface area (Å²) >= 11 is 0. The molecule has 0 atom stereocenters. The van der Waals surface area contributed by atoms with Gasteiger partial charge in [0.15, 0.2) is 5.78 Å². The van der Waals surface area contributed by atoms with Gasteiger partial charge in [-0.2, -0.15) is 0 Å². The molecular formula is C11H12N4O. The molecule has 0 bridgehead atoms. The first-order valence-corrected chi connectivity index (χ1v) is 4.96. The molecule has 5 heteroatoms. The van der Waals surface area contributed by atoms with Gasteiger partial charge in [-0.3, -0.25) is 14.5 Å². The van der Waals surface area contributed by atoms with Gasteiger partial charge in [0.2, 0.25) is 0 Å². The summed E-state index contributed by atoms with van der Waals surface area (Å²) in [6, 6.07) is 1.82. The Bertz CT molecular complexity index is 518. The Labute approximate surface area is 93.1 Å². The number of carbonyl (C=O) groups is 1. The molecule has 0 amide bonds. The summed E-state index contributed by atoms with van der Waals surface area (Å²) in [7, 11) is 1.77. The fraction of sp³-hybridized carbons (Fsp3) is 0.273. The third kappa shape index (κ3) is 2.13. The maximum Gasteiger partial charge on any atom is 0.170 e. The largest absolute Gasteiger partial charge is 0.294 e. The molecule has 0 aliphatic carbocycles. The first-order chi connectivity index (χ1) is 7.66. The van der Waals surface area contributed by atoms with Gasteiger partial charge < -0.3 is 0 Å². The average molecular weight is 216 g/mol. The van der Waals surface area contributed by atoms with Crippen molar-refractivity contribution in [1.29, 1.82) is 0 Å². The van der Waals surface area contributed by atoms with Crippen LogP contribution < -0.4 is 0 Å². The maximum atomic E-state index is 11.9. The Morgan fingerprint density at radius 2 is 2.31 bits per heavy atom. The third-order valence-electron chi connectivity index (χ3n) is 2.33. The van der Waals surface area contributed by atoms with E-state index in [-0.39, 0.29) is 12.2 Å². The molecule has 0 aliphatic rings. The van der Waals surface area contributed by atoms with Crippen molar-refractivity contribution in [3.63, 3.8) is 0 Å². The Kier molecular flexibility index (Phi) is 2.76. The van der Waals surface area contributed by atoms with Crippen molar-refractivity contribution in [2.45, 2.75) is 13.3 Å². The normalized spacial score (nSPS) is 10.4. The standard InChI is InChI=1S/C11H12N4O/c1-8-3-4-12-6-10(8)11(16)5-9-7-15(2)14-13-9/h3-4,6-7H,5H2,1-2H3. The number of rotatable bonds is 3. The smallest absolute Gasteiger partial charge is 0.170 e. The fourth-order valence-electron chi connectivity index (χ4n) is 1.49. The van der Waals surface area contributed by atoms with E-state index in [4.69, 9.17) is 0 Å². The van der Waals surface area contributed by atoms with Crippen LogP contribution in [-0.2, 0) is 13.5 Å². The fourth-order valence-corrected chi connectivity index (χ4v) is 1.49. The number of hydrogen-bond donors (Lipinski definition) is 0. The highest BCUT2D eigenvalue weighted by atomic mass is 16.1. The van der Waals surface area contributed by atoms with E-state index in [0.717, 1.165) is 5.56 Å². The van der Waals surface area contributed by atoms with Crippen LogP contribution in [0, 0.1) is 6.92 Å². The van der Waals surface area contributed by atoms with Crippen LogP contribution in [0.15, 0.2) is 24.7 Å². The maximum absolute atomic E-state index is 11.9. The molecule has 0 aromatic carbocycles. The van der Waals surface area contributed by atoms with Crippen LogP contribution in [0.2, 0.25) is 0 Å². The molecule has 0 saturated carbocycles. The van der Waals surface area contributed by atoms with E-state index in [1.54, 1.807) is 30.3 Å². The van der Waals surface area contributed by atoms with Gasteiger partial charge >= 0.3 is 0 Å². The van der Waals surface area contributed by atoms with E-state index >= 15 is 0 Å². The molecule has 0 N–H and O–H groups in total. The van der Waals surface area contributed by atoms with Crippen molar-refractivity contribution in [2.24, 2.45) is 7.05 Å². The predicted octanol–water partition coefficient (Wildman–Crippen LogP) is 0.944. The molecule has 0 saturated heterocycles. The first kappa shape index (κ1) is 10.5. The first-order valence-electron chi connectivity index (χ1n) is 4.96. The van der Waals surface area contributed by atoms with Gasteiger partial charge in [0.1, 0.15) is 0 Å². The minimum Gasteiger partial charge on any atom is -0.294 e. The summed E-state index contributed by atoms with van der Waals surface area (Å²) in [5.41, 5.74) is 2.26. The number of nitrogens with zero attached hydrogens (tertiary/aromatic N) is 4. The molecular weight excluding hydrogens is 204 g/mol. The highest BCUT2D eigenvalue weighted by Gasteiger charge is 2.11. The van der Waals surface area contributed by atoms with E-state index < -0.39 is 0 Å². The highest BCUT2D eigenvalue weighted by Crippen LogP contribution is 2.08. The highest BCUT2D eigenvalue weighted by molar-refractivity contribution is 5.98. The number of aromatic nitrogens is 4. The predicted molar refractivity (Wildman–Crippen MR) is 58.0 cm³/mol. The molecule has 16 heavy (non-hydrogen) atoms. The lowest BCUT2D eigenvalue weighted by Crippen LogP contribution is -2.06. The molecule has 2 aromatic rings. The van der Waals surface area contributed by atoms with Crippen LogP contribution in [0.1, 0.15) is 21.6 Å². The minimum atomic E-state index is 0.0195. The van der Waals surface area contributed by atoms with E-state index in [9.17, 15) is 4.79 Å². The zero-order chi connectivity index (χ0) is 11.5. The van der Waals surface area contributed by atoms with Crippen LogP contribution in [0.5, 0.6) is 0 Å². The quantitative estimate of drug-likeness (QED) is 0.716. The van der Waals surface area contributed by atoms with Crippen molar-refractivity contribution in [3.05, 3.63) is 41.5 Å². The number of pyridine rings is 1. The van der Waals surface area contributed by atoms with E-state index in [1.165, 1.54) is 0 Å². The molecule has 0 spiro atoms. The number of aryl methyl sites for hydroxylation is 2. The second-order valence-corrected chi connectivity index (χ2v) is 3.67. The Hall–Kier alpha value is -2.04. The molecule has 0 aliphatic heterocycles. The molecule has 0 radical (unpaired) electrons. The summed E-state index contributed by atoms with van der Waals surface area (Å²) in [5, 5.41) is 7.67. The van der Waals surface area contributed by atoms with Crippen molar-refractivity contribution in [3.8, 4) is 0 Å². The van der Waals surface area contributed by atoms with Crippen LogP contribution in [0.4, 0.5) is 0 Å². The molecule has 2 heterocycles. The van der Waals surface area contributed by atoms with Gasteiger partial charge in [0, 0.05) is 31.2 Å². The molecule has 5 nitrogen and oxygen atoms in total. The molecule has 0 unspecified atom stereocenters. The lowest BCUT2D eigenvalue weighted by molar-refractivity contribution is 0.0991. The molecule has 0 fully saturated rings. The van der Waals surface area contributed by atoms with Crippen LogP contribution >= 0.6 is 0 Å². The Balaban J connectivity index is 2.18. The lowest BCUT2D eigenvalue weighted by atomic mass is 10.0. The summed E-state index contributed by atoms with van der Waals surface area (Å²) in [5.74, 6) is 0.0195. The summed E-state index contributed by atoms with van der Waals surface area (Å²) in [4.78, 5) is 15.9. The lowest BCUT2D eigenvalue weighted by Gasteiger charge is -2.01. The van der Waals surface area contributed by atoms with E-state index in [0.29, 0.717) is 11.3 Å². The van der Waals surface area contributed by atoms with Gasteiger partial charge in [-0.05, 0) is 18.6 Å². The zero-order valence-corrected chi connectivity index (χ0v) is 9.21. The Morgan fingerprint density at radius 1 is 1.50 bits per heavy atom. The van der Waals surface area contributed by atoms with Crippen LogP contribution in [-0.4, -0.2) is 25.8 Å². The van der Waals surface area contributed by atoms with Crippen molar-refractivity contribution < 1.29 is 4.79 Å². The summed E-state index contributed by atoms with van der Waals surface area (Å²) in [6.45, 7) is 1.89. The topological polar surface area (TPSA) is 60.7 Å². The minimum absolute atomic E-state index is 0.0195.